The average Bonchev–Trinajstić information content (AvgIpc) is 3.41. The van der Waals surface area contributed by atoms with E-state index in [0.717, 1.165) is 52.8 Å². The molecule has 0 radical (unpaired) electrons. The number of rotatable bonds is 4. The third kappa shape index (κ3) is 3.58. The Morgan fingerprint density at radius 1 is 1.09 bits per heavy atom. The SMILES string of the molecule is Cc1c(O)c(-c2ccc3nc(N4CC[C@H](N[C@H]5C[C@@H](F)C5)C4)ccc3n2)cc2cn(C)nc12. The Balaban J connectivity index is 1.26. The number of aromatic nitrogens is 4. The maximum absolute atomic E-state index is 13.1. The van der Waals surface area contributed by atoms with Gasteiger partial charge in [0.15, 0.2) is 0 Å². The lowest BCUT2D eigenvalue weighted by molar-refractivity contribution is 0.148. The first-order chi connectivity index (χ1) is 15.9. The molecule has 0 unspecified atom stereocenters. The Labute approximate surface area is 191 Å². The number of halogens is 1. The molecule has 8 heteroatoms. The van der Waals surface area contributed by atoms with E-state index in [-0.39, 0.29) is 5.75 Å². The Hall–Kier alpha value is -3.26. The van der Waals surface area contributed by atoms with Gasteiger partial charge in [0.1, 0.15) is 17.7 Å². The Bertz CT molecular complexity index is 1360. The lowest BCUT2D eigenvalue weighted by Gasteiger charge is -2.33. The highest BCUT2D eigenvalue weighted by Gasteiger charge is 2.33. The molecule has 4 aromatic rings. The number of anilines is 1. The van der Waals surface area contributed by atoms with Gasteiger partial charge in [-0.15, -0.1) is 0 Å². The largest absolute Gasteiger partial charge is 0.507 e. The van der Waals surface area contributed by atoms with E-state index in [9.17, 15) is 9.50 Å². The van der Waals surface area contributed by atoms with Crippen LogP contribution in [0.3, 0.4) is 0 Å². The minimum Gasteiger partial charge on any atom is -0.507 e. The molecule has 1 saturated heterocycles. The van der Waals surface area contributed by atoms with Crippen LogP contribution in [0.5, 0.6) is 5.75 Å². The number of nitrogens with one attached hydrogen (secondary N) is 1. The fourth-order valence-electron chi connectivity index (χ4n) is 5.08. The molecule has 3 aromatic heterocycles. The molecule has 7 nitrogen and oxygen atoms in total. The van der Waals surface area contributed by atoms with Gasteiger partial charge in [0, 0.05) is 54.9 Å². The molecule has 1 aliphatic heterocycles. The summed E-state index contributed by atoms with van der Waals surface area (Å²) in [5.41, 5.74) is 4.56. The van der Waals surface area contributed by atoms with Gasteiger partial charge in [-0.2, -0.15) is 5.10 Å². The van der Waals surface area contributed by atoms with E-state index in [1.807, 2.05) is 50.5 Å². The fraction of sp³-hybridized carbons (Fsp3) is 0.400. The van der Waals surface area contributed by atoms with E-state index in [4.69, 9.17) is 9.97 Å². The molecule has 1 aliphatic carbocycles. The lowest BCUT2D eigenvalue weighted by Crippen LogP contribution is -2.48. The van der Waals surface area contributed by atoms with Crippen LogP contribution in [-0.4, -0.2) is 56.2 Å². The van der Waals surface area contributed by atoms with Gasteiger partial charge in [-0.25, -0.2) is 14.4 Å². The maximum Gasteiger partial charge on any atom is 0.130 e. The zero-order valence-corrected chi connectivity index (χ0v) is 18.8. The quantitative estimate of drug-likeness (QED) is 0.496. The Morgan fingerprint density at radius 3 is 2.70 bits per heavy atom. The third-order valence-electron chi connectivity index (χ3n) is 6.99. The fourth-order valence-corrected chi connectivity index (χ4v) is 5.08. The number of aryl methyl sites for hydroxylation is 2. The van der Waals surface area contributed by atoms with Gasteiger partial charge in [-0.3, -0.25) is 4.68 Å². The van der Waals surface area contributed by atoms with E-state index in [0.29, 0.717) is 36.2 Å². The van der Waals surface area contributed by atoms with Crippen molar-refractivity contribution in [1.29, 1.82) is 0 Å². The zero-order valence-electron chi connectivity index (χ0n) is 18.8. The number of phenols is 1. The molecule has 2 fully saturated rings. The second-order valence-corrected chi connectivity index (χ2v) is 9.41. The molecule has 2 aliphatic rings. The summed E-state index contributed by atoms with van der Waals surface area (Å²) in [6.07, 6.45) is 3.64. The molecule has 1 aromatic carbocycles. The third-order valence-corrected chi connectivity index (χ3v) is 6.99. The van der Waals surface area contributed by atoms with E-state index < -0.39 is 6.17 Å². The monoisotopic (exact) mass is 446 g/mol. The van der Waals surface area contributed by atoms with Crippen molar-refractivity contribution in [3.05, 3.63) is 42.1 Å². The van der Waals surface area contributed by atoms with Gasteiger partial charge in [0.25, 0.3) is 0 Å². The van der Waals surface area contributed by atoms with Crippen LogP contribution in [0, 0.1) is 6.92 Å². The van der Waals surface area contributed by atoms with Crippen LogP contribution in [0.2, 0.25) is 0 Å². The minimum absolute atomic E-state index is 0.207. The molecular weight excluding hydrogens is 419 g/mol. The van der Waals surface area contributed by atoms with Crippen molar-refractivity contribution in [2.45, 2.75) is 44.4 Å². The first-order valence-electron chi connectivity index (χ1n) is 11.5. The highest BCUT2D eigenvalue weighted by atomic mass is 19.1. The first-order valence-corrected chi connectivity index (χ1v) is 11.5. The lowest BCUT2D eigenvalue weighted by atomic mass is 9.90. The normalized spacial score (nSPS) is 22.9. The topological polar surface area (TPSA) is 79.1 Å². The van der Waals surface area contributed by atoms with Crippen LogP contribution in [0.1, 0.15) is 24.8 Å². The van der Waals surface area contributed by atoms with Gasteiger partial charge < -0.3 is 15.3 Å². The summed E-state index contributed by atoms with van der Waals surface area (Å²) in [6, 6.07) is 10.5. The van der Waals surface area contributed by atoms with Crippen molar-refractivity contribution in [1.82, 2.24) is 25.1 Å². The standard InChI is InChI=1S/C25H27FN6O/c1-14-24-15(12-31(2)30-24)9-19(25(14)33)20-3-4-22-21(28-20)5-6-23(29-22)32-8-7-17(13-32)27-18-10-16(26)11-18/h3-6,9,12,16-18,27,33H,7-8,10-11,13H2,1-2H3/t16-,17-,18+/m0/s1. The first kappa shape index (κ1) is 20.4. The number of pyridine rings is 2. The second-order valence-electron chi connectivity index (χ2n) is 9.41. The molecule has 2 N–H and O–H groups in total. The van der Waals surface area contributed by atoms with E-state index in [1.54, 1.807) is 4.68 Å². The van der Waals surface area contributed by atoms with Gasteiger partial charge in [-0.05, 0) is 56.5 Å². The van der Waals surface area contributed by atoms with Crippen LogP contribution >= 0.6 is 0 Å². The van der Waals surface area contributed by atoms with Crippen molar-refractivity contribution in [3.8, 4) is 17.0 Å². The summed E-state index contributed by atoms with van der Waals surface area (Å²) in [7, 11) is 1.87. The molecule has 170 valence electrons. The van der Waals surface area contributed by atoms with Crippen molar-refractivity contribution in [3.63, 3.8) is 0 Å². The van der Waals surface area contributed by atoms with Crippen LogP contribution < -0.4 is 10.2 Å². The predicted octanol–water partition coefficient (Wildman–Crippen LogP) is 3.87. The number of hydrogen-bond acceptors (Lipinski definition) is 6. The summed E-state index contributed by atoms with van der Waals surface area (Å²) in [5, 5.41) is 19.8. The Morgan fingerprint density at radius 2 is 1.88 bits per heavy atom. The highest BCUT2D eigenvalue weighted by molar-refractivity contribution is 5.91. The molecule has 1 atom stereocenters. The van der Waals surface area contributed by atoms with E-state index in [2.05, 4.69) is 15.3 Å². The van der Waals surface area contributed by atoms with Crippen LogP contribution in [-0.2, 0) is 7.05 Å². The van der Waals surface area contributed by atoms with E-state index >= 15 is 0 Å². The number of benzene rings is 1. The van der Waals surface area contributed by atoms with E-state index in [1.165, 1.54) is 0 Å². The minimum atomic E-state index is -0.628. The molecular formula is C25H27FN6O. The van der Waals surface area contributed by atoms with Gasteiger partial charge >= 0.3 is 0 Å². The summed E-state index contributed by atoms with van der Waals surface area (Å²) in [6.45, 7) is 3.70. The molecule has 0 amide bonds. The molecule has 6 rings (SSSR count). The number of nitrogens with zero attached hydrogens (tertiary/aromatic N) is 5. The molecule has 4 heterocycles. The van der Waals surface area contributed by atoms with Gasteiger partial charge in [0.05, 0.1) is 22.2 Å². The van der Waals surface area contributed by atoms with Crippen LogP contribution in [0.4, 0.5) is 10.2 Å². The van der Waals surface area contributed by atoms with Crippen molar-refractivity contribution < 1.29 is 9.50 Å². The van der Waals surface area contributed by atoms with Crippen LogP contribution in [0.25, 0.3) is 33.2 Å². The summed E-state index contributed by atoms with van der Waals surface area (Å²) in [4.78, 5) is 11.9. The highest BCUT2D eigenvalue weighted by Crippen LogP contribution is 2.36. The molecule has 0 spiro atoms. The predicted molar refractivity (Wildman–Crippen MR) is 127 cm³/mol. The van der Waals surface area contributed by atoms with Gasteiger partial charge in [-0.1, -0.05) is 0 Å². The number of aromatic hydroxyl groups is 1. The second kappa shape index (κ2) is 7.66. The summed E-state index contributed by atoms with van der Waals surface area (Å²) in [5.74, 6) is 1.15. The molecule has 0 bridgehead atoms. The average molecular weight is 447 g/mol. The van der Waals surface area contributed by atoms with Gasteiger partial charge in [0.2, 0.25) is 0 Å². The summed E-state index contributed by atoms with van der Waals surface area (Å²) >= 11 is 0. The Kier molecular flexibility index (Phi) is 4.72. The van der Waals surface area contributed by atoms with Crippen molar-refractivity contribution in [2.75, 3.05) is 18.0 Å². The smallest absolute Gasteiger partial charge is 0.130 e. The maximum atomic E-state index is 13.1. The molecule has 1 saturated carbocycles. The zero-order chi connectivity index (χ0) is 22.7. The number of hydrogen-bond donors (Lipinski definition) is 2. The number of phenolic OH excluding ortho intramolecular Hbond substituents is 1. The number of alkyl halides is 1. The molecule has 33 heavy (non-hydrogen) atoms. The van der Waals surface area contributed by atoms with Crippen LogP contribution in [0.15, 0.2) is 36.5 Å². The summed E-state index contributed by atoms with van der Waals surface area (Å²) < 4.78 is 14.8. The van der Waals surface area contributed by atoms with Crippen molar-refractivity contribution >= 4 is 27.8 Å². The van der Waals surface area contributed by atoms with Crippen molar-refractivity contribution in [2.24, 2.45) is 7.05 Å². The number of fused-ring (bicyclic) bond motifs is 2.